The molecule has 0 aliphatic rings. The van der Waals surface area contributed by atoms with E-state index in [-0.39, 0.29) is 0 Å². The molecule has 1 aromatic heterocycles. The van der Waals surface area contributed by atoms with Gasteiger partial charge in [0.25, 0.3) is 0 Å². The van der Waals surface area contributed by atoms with Crippen molar-refractivity contribution >= 4 is 11.6 Å². The molecule has 0 bridgehead atoms. The minimum Gasteiger partial charge on any atom is -0.317 e. The lowest BCUT2D eigenvalue weighted by atomic mass is 10.2. The number of rotatable bonds is 8. The van der Waals surface area contributed by atoms with E-state index in [1.54, 1.807) is 0 Å². The third-order valence-electron chi connectivity index (χ3n) is 2.89. The molecule has 0 aliphatic carbocycles. The van der Waals surface area contributed by atoms with Crippen molar-refractivity contribution in [2.24, 2.45) is 0 Å². The zero-order valence-corrected chi connectivity index (χ0v) is 12.0. The molecule has 0 unspecified atom stereocenters. The summed E-state index contributed by atoms with van der Waals surface area (Å²) in [6.45, 7) is 9.45. The predicted octanol–water partition coefficient (Wildman–Crippen LogP) is 3.05. The van der Waals surface area contributed by atoms with Crippen LogP contribution >= 0.6 is 11.6 Å². The summed E-state index contributed by atoms with van der Waals surface area (Å²) in [5.74, 6) is 0. The highest BCUT2D eigenvalue weighted by atomic mass is 35.5. The summed E-state index contributed by atoms with van der Waals surface area (Å²) in [5, 5.41) is 8.82. The normalized spacial score (nSPS) is 11.1. The summed E-state index contributed by atoms with van der Waals surface area (Å²) < 4.78 is 2.04. The lowest BCUT2D eigenvalue weighted by molar-refractivity contribution is 0.585. The minimum absolute atomic E-state index is 0.879. The van der Waals surface area contributed by atoms with E-state index >= 15 is 0 Å². The largest absolute Gasteiger partial charge is 0.317 e. The van der Waals surface area contributed by atoms with Crippen LogP contribution in [-0.4, -0.2) is 22.9 Å². The van der Waals surface area contributed by atoms with Crippen molar-refractivity contribution in [2.45, 2.75) is 53.0 Å². The minimum atomic E-state index is 0.879. The molecule has 0 atom stereocenters. The molecular weight excluding hydrogens is 234 g/mol. The van der Waals surface area contributed by atoms with Crippen LogP contribution in [0.3, 0.4) is 0 Å². The van der Waals surface area contributed by atoms with Gasteiger partial charge in [-0.15, -0.1) is 0 Å². The fraction of sp³-hybridized carbons (Fsp3) is 0.769. The van der Waals surface area contributed by atoms with Crippen LogP contribution in [0, 0.1) is 0 Å². The number of halogens is 1. The number of aryl methyl sites for hydroxylation is 2. The second kappa shape index (κ2) is 7.72. The second-order valence-corrected chi connectivity index (χ2v) is 4.61. The molecule has 1 rings (SSSR count). The van der Waals surface area contributed by atoms with Crippen LogP contribution in [-0.2, 0) is 19.4 Å². The van der Waals surface area contributed by atoms with Gasteiger partial charge in [-0.25, -0.2) is 0 Å². The highest BCUT2D eigenvalue weighted by molar-refractivity contribution is 6.31. The van der Waals surface area contributed by atoms with Crippen molar-refractivity contribution in [3.05, 3.63) is 16.4 Å². The van der Waals surface area contributed by atoms with Gasteiger partial charge in [0.1, 0.15) is 0 Å². The van der Waals surface area contributed by atoms with E-state index in [0.29, 0.717) is 0 Å². The van der Waals surface area contributed by atoms with E-state index in [9.17, 15) is 0 Å². The van der Waals surface area contributed by atoms with Gasteiger partial charge in [-0.3, -0.25) is 4.68 Å². The summed E-state index contributed by atoms with van der Waals surface area (Å²) in [4.78, 5) is 0. The number of hydrogen-bond donors (Lipinski definition) is 1. The van der Waals surface area contributed by atoms with Crippen molar-refractivity contribution in [3.8, 4) is 0 Å². The van der Waals surface area contributed by atoms with Gasteiger partial charge in [-0.2, -0.15) is 5.10 Å². The Bertz CT molecular complexity index is 334. The van der Waals surface area contributed by atoms with Crippen molar-refractivity contribution in [2.75, 3.05) is 13.1 Å². The molecule has 4 heteroatoms. The van der Waals surface area contributed by atoms with E-state index in [1.807, 2.05) is 4.68 Å². The number of hydrogen-bond acceptors (Lipinski definition) is 2. The molecule has 1 aromatic rings. The van der Waals surface area contributed by atoms with E-state index in [1.165, 1.54) is 12.1 Å². The summed E-state index contributed by atoms with van der Waals surface area (Å²) in [5.41, 5.74) is 2.23. The molecule has 0 fully saturated rings. The maximum absolute atomic E-state index is 6.34. The molecular formula is C13H24ClN3. The average Bonchev–Trinajstić information content (AvgIpc) is 2.65. The van der Waals surface area contributed by atoms with E-state index in [4.69, 9.17) is 11.6 Å². The lowest BCUT2D eigenvalue weighted by Crippen LogP contribution is -2.17. The van der Waals surface area contributed by atoms with E-state index < -0.39 is 0 Å². The molecule has 0 aliphatic heterocycles. The number of nitrogens with one attached hydrogen (secondary N) is 1. The Morgan fingerprint density at radius 1 is 1.24 bits per heavy atom. The Kier molecular flexibility index (Phi) is 6.60. The van der Waals surface area contributed by atoms with Gasteiger partial charge in [-0.1, -0.05) is 25.4 Å². The third-order valence-corrected chi connectivity index (χ3v) is 3.32. The zero-order valence-electron chi connectivity index (χ0n) is 11.2. The van der Waals surface area contributed by atoms with Crippen molar-refractivity contribution in [1.29, 1.82) is 0 Å². The predicted molar refractivity (Wildman–Crippen MR) is 73.8 cm³/mol. The van der Waals surface area contributed by atoms with Crippen LogP contribution in [0.15, 0.2) is 0 Å². The summed E-state index contributed by atoms with van der Waals surface area (Å²) in [7, 11) is 0. The molecule has 3 nitrogen and oxygen atoms in total. The van der Waals surface area contributed by atoms with Crippen molar-refractivity contribution in [3.63, 3.8) is 0 Å². The fourth-order valence-electron chi connectivity index (χ4n) is 1.94. The van der Waals surface area contributed by atoms with Gasteiger partial charge in [0.05, 0.1) is 16.4 Å². The van der Waals surface area contributed by atoms with Crippen molar-refractivity contribution < 1.29 is 0 Å². The Labute approximate surface area is 110 Å². The molecule has 0 radical (unpaired) electrons. The molecule has 0 aromatic carbocycles. The topological polar surface area (TPSA) is 29.9 Å². The summed E-state index contributed by atoms with van der Waals surface area (Å²) in [6, 6.07) is 0. The van der Waals surface area contributed by atoms with Crippen LogP contribution in [0.25, 0.3) is 0 Å². The van der Waals surface area contributed by atoms with E-state index in [2.05, 4.69) is 31.2 Å². The Morgan fingerprint density at radius 3 is 2.59 bits per heavy atom. The van der Waals surface area contributed by atoms with Crippen molar-refractivity contribution in [1.82, 2.24) is 15.1 Å². The second-order valence-electron chi connectivity index (χ2n) is 4.23. The van der Waals surface area contributed by atoms with Gasteiger partial charge in [0, 0.05) is 6.54 Å². The number of aromatic nitrogens is 2. The van der Waals surface area contributed by atoms with Gasteiger partial charge < -0.3 is 5.32 Å². The Balaban J connectivity index is 2.54. The maximum Gasteiger partial charge on any atom is 0.0849 e. The van der Waals surface area contributed by atoms with Crippen LogP contribution in [0.1, 0.15) is 45.0 Å². The van der Waals surface area contributed by atoms with Gasteiger partial charge in [0.15, 0.2) is 0 Å². The third kappa shape index (κ3) is 4.00. The monoisotopic (exact) mass is 257 g/mol. The van der Waals surface area contributed by atoms with E-state index in [0.717, 1.165) is 49.6 Å². The highest BCUT2D eigenvalue weighted by Crippen LogP contribution is 2.22. The molecule has 17 heavy (non-hydrogen) atoms. The van der Waals surface area contributed by atoms with Gasteiger partial charge in [-0.05, 0) is 45.7 Å². The maximum atomic E-state index is 6.34. The standard InChI is InChI=1S/C13H24ClN3/c1-4-9-15-10-7-8-12-13(14)11(5-2)16-17(12)6-3/h15H,4-10H2,1-3H3. The van der Waals surface area contributed by atoms with Gasteiger partial charge >= 0.3 is 0 Å². The first-order valence-electron chi connectivity index (χ1n) is 6.69. The molecule has 0 spiro atoms. The van der Waals surface area contributed by atoms with Gasteiger partial charge in [0.2, 0.25) is 0 Å². The molecule has 98 valence electrons. The average molecular weight is 258 g/mol. The first-order valence-corrected chi connectivity index (χ1v) is 7.07. The molecule has 0 amide bonds. The molecule has 0 saturated carbocycles. The first kappa shape index (κ1) is 14.5. The molecule has 1 N–H and O–H groups in total. The molecule has 1 heterocycles. The van der Waals surface area contributed by atoms with Crippen LogP contribution in [0.4, 0.5) is 0 Å². The lowest BCUT2D eigenvalue weighted by Gasteiger charge is -2.06. The van der Waals surface area contributed by atoms with Crippen LogP contribution in [0.5, 0.6) is 0 Å². The quantitative estimate of drug-likeness (QED) is 0.726. The summed E-state index contributed by atoms with van der Waals surface area (Å²) >= 11 is 6.34. The Hall–Kier alpha value is -0.540. The number of nitrogens with zero attached hydrogens (tertiary/aromatic N) is 2. The summed E-state index contributed by atoms with van der Waals surface area (Å²) in [6.07, 6.45) is 4.23. The first-order chi connectivity index (χ1) is 8.24. The highest BCUT2D eigenvalue weighted by Gasteiger charge is 2.13. The SMILES string of the molecule is CCCNCCCc1c(Cl)c(CC)nn1CC. The fourth-order valence-corrected chi connectivity index (χ4v) is 2.30. The smallest absolute Gasteiger partial charge is 0.0849 e. The van der Waals surface area contributed by atoms with Crippen LogP contribution < -0.4 is 5.32 Å². The Morgan fingerprint density at radius 2 is 2.00 bits per heavy atom. The molecule has 0 saturated heterocycles. The van der Waals surface area contributed by atoms with Crippen LogP contribution in [0.2, 0.25) is 5.02 Å². The zero-order chi connectivity index (χ0) is 12.7.